The molecule has 0 saturated carbocycles. The third-order valence-electron chi connectivity index (χ3n) is 2.80. The van der Waals surface area contributed by atoms with Crippen LogP contribution in [-0.4, -0.2) is 21.7 Å². The van der Waals surface area contributed by atoms with Crippen LogP contribution in [0.4, 0.5) is 5.13 Å². The van der Waals surface area contributed by atoms with Crippen LogP contribution in [0.2, 0.25) is 0 Å². The normalized spacial score (nSPS) is 10.8. The van der Waals surface area contributed by atoms with Gasteiger partial charge in [-0.15, -0.1) is 10.2 Å². The first-order valence-electron chi connectivity index (χ1n) is 6.29. The first-order valence-corrected chi connectivity index (χ1v) is 7.11. The molecule has 2 aromatic heterocycles. The van der Waals surface area contributed by atoms with Crippen molar-refractivity contribution in [2.75, 3.05) is 11.9 Å². The van der Waals surface area contributed by atoms with E-state index in [2.05, 4.69) is 51.7 Å². The highest BCUT2D eigenvalue weighted by Crippen LogP contribution is 2.28. The quantitative estimate of drug-likeness (QED) is 0.787. The van der Waals surface area contributed by atoms with Crippen LogP contribution in [0.1, 0.15) is 13.3 Å². The average molecular weight is 270 g/mol. The molecule has 0 saturated heterocycles. The van der Waals surface area contributed by atoms with Crippen molar-refractivity contribution in [2.24, 2.45) is 0 Å². The zero-order chi connectivity index (χ0) is 13.1. The molecule has 0 radical (unpaired) electrons. The number of rotatable bonds is 4. The molecule has 19 heavy (non-hydrogen) atoms. The van der Waals surface area contributed by atoms with Gasteiger partial charge < -0.3 is 5.32 Å². The van der Waals surface area contributed by atoms with Crippen molar-refractivity contribution >= 4 is 27.4 Å². The van der Waals surface area contributed by atoms with Gasteiger partial charge in [-0.2, -0.15) is 0 Å². The van der Waals surface area contributed by atoms with Crippen molar-refractivity contribution in [3.05, 3.63) is 36.5 Å². The first kappa shape index (κ1) is 12.0. The zero-order valence-corrected chi connectivity index (χ0v) is 11.4. The Balaban J connectivity index is 1.92. The van der Waals surface area contributed by atoms with Crippen LogP contribution < -0.4 is 5.32 Å². The predicted molar refractivity (Wildman–Crippen MR) is 79.4 cm³/mol. The van der Waals surface area contributed by atoms with Crippen molar-refractivity contribution < 1.29 is 0 Å². The number of nitrogens with zero attached hydrogens (tertiary/aromatic N) is 3. The number of hydrogen-bond donors (Lipinski definition) is 1. The molecule has 2 heterocycles. The lowest BCUT2D eigenvalue weighted by molar-refractivity contribution is 0.964. The lowest BCUT2D eigenvalue weighted by Gasteiger charge is -1.99. The fraction of sp³-hybridized carbons (Fsp3) is 0.214. The third-order valence-corrected chi connectivity index (χ3v) is 3.73. The van der Waals surface area contributed by atoms with E-state index < -0.39 is 0 Å². The molecule has 0 atom stereocenters. The molecule has 96 valence electrons. The van der Waals surface area contributed by atoms with Crippen molar-refractivity contribution in [1.82, 2.24) is 15.2 Å². The van der Waals surface area contributed by atoms with Crippen LogP contribution >= 0.6 is 11.3 Å². The lowest BCUT2D eigenvalue weighted by Crippen LogP contribution is -1.98. The van der Waals surface area contributed by atoms with Gasteiger partial charge in [-0.05, 0) is 18.6 Å². The first-order chi connectivity index (χ1) is 9.36. The summed E-state index contributed by atoms with van der Waals surface area (Å²) in [5, 5.41) is 14.6. The maximum absolute atomic E-state index is 4.36. The smallest absolute Gasteiger partial charge is 0.206 e. The second-order valence-electron chi connectivity index (χ2n) is 4.25. The van der Waals surface area contributed by atoms with Gasteiger partial charge in [0.1, 0.15) is 5.01 Å². The molecule has 0 spiro atoms. The van der Waals surface area contributed by atoms with Crippen molar-refractivity contribution in [2.45, 2.75) is 13.3 Å². The van der Waals surface area contributed by atoms with Gasteiger partial charge in [0, 0.05) is 23.7 Å². The van der Waals surface area contributed by atoms with E-state index >= 15 is 0 Å². The average Bonchev–Trinajstić information content (AvgIpc) is 2.93. The number of anilines is 1. The van der Waals surface area contributed by atoms with Gasteiger partial charge in [0.2, 0.25) is 5.13 Å². The Morgan fingerprint density at radius 3 is 3.05 bits per heavy atom. The Hall–Kier alpha value is -2.01. The summed E-state index contributed by atoms with van der Waals surface area (Å²) in [7, 11) is 0. The topological polar surface area (TPSA) is 50.7 Å². The summed E-state index contributed by atoms with van der Waals surface area (Å²) in [6.45, 7) is 3.05. The summed E-state index contributed by atoms with van der Waals surface area (Å²) in [6.07, 6.45) is 2.88. The predicted octanol–water partition coefficient (Wildman–Crippen LogP) is 3.58. The Kier molecular flexibility index (Phi) is 3.37. The van der Waals surface area contributed by atoms with Gasteiger partial charge in [-0.25, -0.2) is 0 Å². The molecule has 0 aliphatic rings. The van der Waals surface area contributed by atoms with Crippen LogP contribution in [-0.2, 0) is 0 Å². The van der Waals surface area contributed by atoms with E-state index in [-0.39, 0.29) is 0 Å². The van der Waals surface area contributed by atoms with E-state index in [1.807, 2.05) is 6.07 Å². The van der Waals surface area contributed by atoms with Crippen LogP contribution in [0.3, 0.4) is 0 Å². The standard InChI is InChI=1S/C14H14N4S/c1-2-7-16-14-18-17-13(19-14)11-6-5-10-4-3-8-15-12(10)9-11/h3-6,8-9H,2,7H2,1H3,(H,16,18). The molecule has 0 unspecified atom stereocenters. The molecule has 0 bridgehead atoms. The number of hydrogen-bond acceptors (Lipinski definition) is 5. The van der Waals surface area contributed by atoms with E-state index in [1.165, 1.54) is 0 Å². The molecule has 3 rings (SSSR count). The second-order valence-corrected chi connectivity index (χ2v) is 5.23. The van der Waals surface area contributed by atoms with Crippen LogP contribution in [0.25, 0.3) is 21.5 Å². The second kappa shape index (κ2) is 5.32. The summed E-state index contributed by atoms with van der Waals surface area (Å²) >= 11 is 1.57. The molecule has 0 aliphatic carbocycles. The van der Waals surface area contributed by atoms with E-state index in [4.69, 9.17) is 0 Å². The molecule has 0 aliphatic heterocycles. The monoisotopic (exact) mass is 270 g/mol. The summed E-state index contributed by atoms with van der Waals surface area (Å²) in [5.74, 6) is 0. The van der Waals surface area contributed by atoms with Crippen molar-refractivity contribution in [1.29, 1.82) is 0 Å². The molecule has 0 fully saturated rings. The fourth-order valence-corrected chi connectivity index (χ4v) is 2.61. The highest BCUT2D eigenvalue weighted by atomic mass is 32.1. The third kappa shape index (κ3) is 2.56. The molecular weight excluding hydrogens is 256 g/mol. The summed E-state index contributed by atoms with van der Waals surface area (Å²) in [4.78, 5) is 4.36. The maximum Gasteiger partial charge on any atom is 0.206 e. The maximum atomic E-state index is 4.36. The lowest BCUT2D eigenvalue weighted by atomic mass is 10.1. The molecule has 4 nitrogen and oxygen atoms in total. The fourth-order valence-electron chi connectivity index (χ4n) is 1.84. The van der Waals surface area contributed by atoms with Crippen molar-refractivity contribution in [3.8, 4) is 10.6 Å². The van der Waals surface area contributed by atoms with E-state index in [9.17, 15) is 0 Å². The molecule has 5 heteroatoms. The zero-order valence-electron chi connectivity index (χ0n) is 10.6. The minimum absolute atomic E-state index is 0.873. The van der Waals surface area contributed by atoms with Gasteiger partial charge in [-0.3, -0.25) is 4.98 Å². The van der Waals surface area contributed by atoms with Crippen molar-refractivity contribution in [3.63, 3.8) is 0 Å². The number of benzene rings is 1. The highest BCUT2D eigenvalue weighted by molar-refractivity contribution is 7.18. The molecular formula is C14H14N4S. The van der Waals surface area contributed by atoms with Crippen LogP contribution in [0.5, 0.6) is 0 Å². The highest BCUT2D eigenvalue weighted by Gasteiger charge is 2.07. The van der Waals surface area contributed by atoms with E-state index in [0.29, 0.717) is 0 Å². The Labute approximate surface area is 115 Å². The van der Waals surface area contributed by atoms with Gasteiger partial charge in [0.25, 0.3) is 0 Å². The number of nitrogens with one attached hydrogen (secondary N) is 1. The minimum atomic E-state index is 0.873. The largest absolute Gasteiger partial charge is 0.360 e. The summed E-state index contributed by atoms with van der Waals surface area (Å²) < 4.78 is 0. The molecule has 1 N–H and O–H groups in total. The SMILES string of the molecule is CCCNc1nnc(-c2ccc3cccnc3c2)s1. The number of pyridine rings is 1. The van der Waals surface area contributed by atoms with Gasteiger partial charge in [0.15, 0.2) is 0 Å². The molecule has 3 aromatic rings. The molecule has 1 aromatic carbocycles. The number of fused-ring (bicyclic) bond motifs is 1. The minimum Gasteiger partial charge on any atom is -0.360 e. The molecule has 0 amide bonds. The van der Waals surface area contributed by atoms with E-state index in [0.717, 1.165) is 39.6 Å². The Morgan fingerprint density at radius 1 is 1.21 bits per heavy atom. The number of aromatic nitrogens is 3. The summed E-state index contributed by atoms with van der Waals surface area (Å²) in [5.41, 5.74) is 2.05. The Bertz CT molecular complexity index is 692. The Morgan fingerprint density at radius 2 is 2.16 bits per heavy atom. The van der Waals surface area contributed by atoms with Crippen LogP contribution in [0, 0.1) is 0 Å². The van der Waals surface area contributed by atoms with Gasteiger partial charge >= 0.3 is 0 Å². The van der Waals surface area contributed by atoms with Gasteiger partial charge in [0.05, 0.1) is 5.52 Å². The van der Waals surface area contributed by atoms with Gasteiger partial charge in [-0.1, -0.05) is 36.5 Å². The summed E-state index contributed by atoms with van der Waals surface area (Å²) in [6, 6.07) is 10.2. The van der Waals surface area contributed by atoms with Crippen LogP contribution in [0.15, 0.2) is 36.5 Å². The van der Waals surface area contributed by atoms with E-state index in [1.54, 1.807) is 17.5 Å².